The van der Waals surface area contributed by atoms with Crippen LogP contribution in [0.5, 0.6) is 0 Å². The van der Waals surface area contributed by atoms with Crippen molar-refractivity contribution in [3.63, 3.8) is 0 Å². The summed E-state index contributed by atoms with van der Waals surface area (Å²) in [5.74, 6) is 0. The Morgan fingerprint density at radius 3 is 2.67 bits per heavy atom. The molecule has 0 aliphatic carbocycles. The molecule has 4 aromatic carbocycles. The largest absolute Gasteiger partial charge is 0.465 e. The van der Waals surface area contributed by atoms with Crippen molar-refractivity contribution in [2.24, 2.45) is 0 Å². The second-order valence-corrected chi connectivity index (χ2v) is 9.37. The summed E-state index contributed by atoms with van der Waals surface area (Å²) in [5, 5.41) is 2.70. The Hall–Kier alpha value is -4.82. The Morgan fingerprint density at radius 2 is 1.86 bits per heavy atom. The Balaban J connectivity index is 0.000000173. The molecule has 0 fully saturated rings. The van der Waals surface area contributed by atoms with Crippen LogP contribution in [-0.4, -0.2) is 14.4 Å². The molecule has 4 heterocycles. The van der Waals surface area contributed by atoms with Crippen LogP contribution in [0.15, 0.2) is 95.5 Å². The van der Waals surface area contributed by atoms with E-state index in [2.05, 4.69) is 26.4 Å². The second kappa shape index (κ2) is 10.9. The summed E-state index contributed by atoms with van der Waals surface area (Å²) in [6.45, 7) is 0.118. The SMILES string of the molecule is [2H]C([2H])([2H])c1c[c-]c(-c2cc(C([2H])([2H])[2H])c(C([2H])([2H])[2H])cn2)cc1.[C-]#[N+]c1cccc2oc3c4ccc[c-]c4c4nc5ccccc5n4c3c12.[Ir]. The third-order valence-electron chi connectivity index (χ3n) is 6.89. The van der Waals surface area contributed by atoms with E-state index in [1.807, 2.05) is 60.7 Å². The Labute approximate surface area is 269 Å². The molecule has 42 heavy (non-hydrogen) atoms. The zero-order valence-corrected chi connectivity index (χ0v) is 24.1. The fraction of sp³-hybridized carbons (Fsp3) is 0.0833. The van der Waals surface area contributed by atoms with E-state index in [0.717, 1.165) is 50.1 Å². The summed E-state index contributed by atoms with van der Waals surface area (Å²) in [7, 11) is 0. The van der Waals surface area contributed by atoms with E-state index in [4.69, 9.17) is 28.3 Å². The zero-order chi connectivity index (χ0) is 35.6. The van der Waals surface area contributed by atoms with Gasteiger partial charge in [0.25, 0.3) is 0 Å². The number of rotatable bonds is 1. The van der Waals surface area contributed by atoms with Gasteiger partial charge in [0.05, 0.1) is 28.8 Å². The molecule has 0 bridgehead atoms. The summed E-state index contributed by atoms with van der Waals surface area (Å²) >= 11 is 0. The van der Waals surface area contributed by atoms with Crippen molar-refractivity contribution in [2.75, 3.05) is 0 Å². The van der Waals surface area contributed by atoms with Crippen LogP contribution in [0.3, 0.4) is 0 Å². The quantitative estimate of drug-likeness (QED) is 0.158. The smallest absolute Gasteiger partial charge is 0.200 e. The first-order valence-corrected chi connectivity index (χ1v) is 12.6. The summed E-state index contributed by atoms with van der Waals surface area (Å²) in [6, 6.07) is 30.9. The van der Waals surface area contributed by atoms with Crippen LogP contribution >= 0.6 is 0 Å². The third kappa shape index (κ3) is 4.44. The Kier molecular flexibility index (Phi) is 4.81. The van der Waals surface area contributed by atoms with Gasteiger partial charge in [0.15, 0.2) is 5.69 Å². The normalized spacial score (nSPS) is 15.1. The molecule has 0 saturated heterocycles. The summed E-state index contributed by atoms with van der Waals surface area (Å²) in [6.07, 6.45) is 1.02. The molecule has 0 aliphatic rings. The first-order chi connectivity index (χ1) is 23.7. The molecule has 5 nitrogen and oxygen atoms in total. The molecule has 205 valence electrons. The molecule has 0 saturated carbocycles. The number of aromatic nitrogens is 3. The van der Waals surface area contributed by atoms with Crippen molar-refractivity contribution in [1.82, 2.24) is 14.4 Å². The minimum atomic E-state index is -2.61. The molecule has 4 aromatic heterocycles. The number of furan rings is 1. The van der Waals surface area contributed by atoms with Gasteiger partial charge in [0, 0.05) is 44.0 Å². The average molecular weight is 730 g/mol. The van der Waals surface area contributed by atoms with Crippen molar-refractivity contribution in [2.45, 2.75) is 20.6 Å². The van der Waals surface area contributed by atoms with Crippen molar-refractivity contribution in [3.05, 3.63) is 131 Å². The predicted octanol–water partition coefficient (Wildman–Crippen LogP) is 9.36. The van der Waals surface area contributed by atoms with Gasteiger partial charge in [0.1, 0.15) is 11.2 Å². The number of imidazole rings is 1. The summed E-state index contributed by atoms with van der Waals surface area (Å²) in [4.78, 5) is 12.6. The Morgan fingerprint density at radius 1 is 0.952 bits per heavy atom. The maximum Gasteiger partial charge on any atom is 0.200 e. The van der Waals surface area contributed by atoms with Gasteiger partial charge < -0.3 is 13.8 Å². The van der Waals surface area contributed by atoms with Crippen molar-refractivity contribution in [3.8, 4) is 11.3 Å². The van der Waals surface area contributed by atoms with E-state index in [1.165, 1.54) is 24.3 Å². The van der Waals surface area contributed by atoms with Gasteiger partial charge >= 0.3 is 0 Å². The molecule has 0 atom stereocenters. The number of nitrogens with zero attached hydrogens (tertiary/aromatic N) is 4. The minimum absolute atomic E-state index is 0. The van der Waals surface area contributed by atoms with Gasteiger partial charge in [-0.2, -0.15) is 0 Å². The summed E-state index contributed by atoms with van der Waals surface area (Å²) in [5.41, 5.74) is 5.74. The van der Waals surface area contributed by atoms with Gasteiger partial charge in [-0.1, -0.05) is 53.5 Å². The van der Waals surface area contributed by atoms with Crippen molar-refractivity contribution in [1.29, 1.82) is 0 Å². The molecule has 6 heteroatoms. The number of para-hydroxylation sites is 2. The summed E-state index contributed by atoms with van der Waals surface area (Å²) < 4.78 is 75.2. The molecule has 0 N–H and O–H groups in total. The first kappa shape index (κ1) is 18.6. The molecule has 0 amide bonds. The maximum absolute atomic E-state index is 7.59. The number of hydrogen-bond donors (Lipinski definition) is 0. The molecular formula is C36H24IrN4O-2. The minimum Gasteiger partial charge on any atom is -0.465 e. The topological polar surface area (TPSA) is 47.7 Å². The van der Waals surface area contributed by atoms with E-state index < -0.39 is 20.6 Å². The van der Waals surface area contributed by atoms with Crippen LogP contribution in [0.25, 0.3) is 65.6 Å². The van der Waals surface area contributed by atoms with Gasteiger partial charge in [-0.05, 0) is 43.2 Å². The first-order valence-electron chi connectivity index (χ1n) is 17.1. The van der Waals surface area contributed by atoms with Gasteiger partial charge in [-0.15, -0.1) is 59.7 Å². The van der Waals surface area contributed by atoms with Gasteiger partial charge in [-0.25, -0.2) is 4.85 Å². The van der Waals surface area contributed by atoms with E-state index in [-0.39, 0.29) is 42.5 Å². The Bertz CT molecular complexity index is 2630. The van der Waals surface area contributed by atoms with E-state index in [0.29, 0.717) is 16.8 Å². The van der Waals surface area contributed by atoms with Crippen LogP contribution in [0.4, 0.5) is 5.69 Å². The van der Waals surface area contributed by atoms with Crippen LogP contribution < -0.4 is 0 Å². The van der Waals surface area contributed by atoms with E-state index in [1.54, 1.807) is 0 Å². The fourth-order valence-corrected chi connectivity index (χ4v) is 5.02. The molecule has 0 unspecified atom stereocenters. The number of fused-ring (bicyclic) bond motifs is 10. The number of benzene rings is 4. The molecule has 0 aliphatic heterocycles. The average Bonchev–Trinajstić information content (AvgIpc) is 3.67. The van der Waals surface area contributed by atoms with Crippen LogP contribution in [0.1, 0.15) is 29.0 Å². The molecule has 8 rings (SSSR count). The number of hydrogen-bond acceptors (Lipinski definition) is 3. The standard InChI is InChI=1S/C22H10N3O.C14H14N.Ir/c1-23-16-10-6-12-18-19(16)20-21(26-18)13-7-2-3-8-14(13)22-24-15-9-4-5-11-17(15)25(20)22;1-10-4-6-13(7-5-10)14-8-11(2)12(3)9-15-14;/h2-7,9-12H;4-6,8-9H,1-3H3;/q2*-1;/i;1D3,2D3,3D3;. The van der Waals surface area contributed by atoms with Gasteiger partial charge in [-0.3, -0.25) is 4.98 Å². The van der Waals surface area contributed by atoms with Crippen LogP contribution in [0, 0.1) is 39.3 Å². The second-order valence-electron chi connectivity index (χ2n) is 9.37. The van der Waals surface area contributed by atoms with Crippen molar-refractivity contribution >= 4 is 55.2 Å². The molecular weight excluding hydrogens is 697 g/mol. The zero-order valence-electron chi connectivity index (χ0n) is 30.7. The number of aryl methyl sites for hydroxylation is 3. The fourth-order valence-electron chi connectivity index (χ4n) is 5.02. The third-order valence-corrected chi connectivity index (χ3v) is 6.89. The molecule has 0 spiro atoms. The van der Waals surface area contributed by atoms with Crippen LogP contribution in [0.2, 0.25) is 0 Å². The number of pyridine rings is 2. The van der Waals surface area contributed by atoms with E-state index >= 15 is 0 Å². The monoisotopic (exact) mass is 730 g/mol. The van der Waals surface area contributed by atoms with Crippen molar-refractivity contribution < 1.29 is 36.9 Å². The molecule has 1 radical (unpaired) electrons. The predicted molar refractivity (Wildman–Crippen MR) is 165 cm³/mol. The van der Waals surface area contributed by atoms with Crippen LogP contribution in [-0.2, 0) is 20.1 Å². The molecule has 8 aromatic rings. The van der Waals surface area contributed by atoms with Gasteiger partial charge in [0.2, 0.25) is 0 Å². The van der Waals surface area contributed by atoms with E-state index in [9.17, 15) is 0 Å². The maximum atomic E-state index is 7.59.